The van der Waals surface area contributed by atoms with Crippen molar-refractivity contribution >= 4 is 45.7 Å². The summed E-state index contributed by atoms with van der Waals surface area (Å²) >= 11 is 2.86. The molecule has 2 amide bonds. The Kier molecular flexibility index (Phi) is 8.13. The van der Waals surface area contributed by atoms with Gasteiger partial charge in [0.25, 0.3) is 0 Å². The second-order valence-corrected chi connectivity index (χ2v) is 11.2. The van der Waals surface area contributed by atoms with Gasteiger partial charge >= 0.3 is 0 Å². The lowest BCUT2D eigenvalue weighted by Crippen LogP contribution is -2.53. The first-order valence-corrected chi connectivity index (χ1v) is 12.5. The molecule has 1 fully saturated rings. The Balaban J connectivity index is 1.41. The van der Waals surface area contributed by atoms with Gasteiger partial charge in [0.1, 0.15) is 0 Å². The fraction of sp³-hybridized carbons (Fsp3) is 0.545. The Labute approximate surface area is 198 Å². The van der Waals surface area contributed by atoms with Gasteiger partial charge in [0, 0.05) is 37.4 Å². The molecule has 10 heteroatoms. The number of piperazine rings is 1. The monoisotopic (exact) mass is 476 g/mol. The normalized spacial score (nSPS) is 15.0. The third-order valence-electron chi connectivity index (χ3n) is 5.09. The number of amides is 2. The number of anilines is 2. The first kappa shape index (κ1) is 24.5. The molecule has 2 heterocycles. The largest absolute Gasteiger partial charge is 0.350 e. The van der Waals surface area contributed by atoms with Gasteiger partial charge in [-0.3, -0.25) is 14.5 Å². The van der Waals surface area contributed by atoms with Crippen molar-refractivity contribution < 1.29 is 9.59 Å². The van der Waals surface area contributed by atoms with E-state index in [1.165, 1.54) is 34.2 Å². The van der Waals surface area contributed by atoms with E-state index in [0.717, 1.165) is 10.0 Å². The first-order chi connectivity index (χ1) is 15.1. The maximum Gasteiger partial charge on any atom is 0.234 e. The highest BCUT2D eigenvalue weighted by Crippen LogP contribution is 2.28. The van der Waals surface area contributed by atoms with Crippen LogP contribution in [0.15, 0.2) is 22.5 Å². The van der Waals surface area contributed by atoms with E-state index in [9.17, 15) is 9.59 Å². The number of benzene rings is 1. The number of hydrogen-bond acceptors (Lipinski definition) is 8. The standard InChI is InChI=1S/C22H32N6O2S2/c1-15-6-7-17(12-16(15)2)23-20-25-26-21(32-20)31-14-19(30)28-10-8-27(9-11-28)13-18(29)24-22(3,4)5/h6-7,12H,8-11,13-14H2,1-5H3,(H,23,25)(H,24,29). The predicted octanol–water partition coefficient (Wildman–Crippen LogP) is 3.05. The van der Waals surface area contributed by atoms with E-state index < -0.39 is 0 Å². The molecule has 2 N–H and O–H groups in total. The van der Waals surface area contributed by atoms with Gasteiger partial charge in [-0.05, 0) is 57.9 Å². The molecule has 1 aromatic heterocycles. The zero-order chi connectivity index (χ0) is 23.3. The third kappa shape index (κ3) is 7.46. The molecule has 1 aliphatic heterocycles. The molecular formula is C22H32N6O2S2. The van der Waals surface area contributed by atoms with Crippen LogP contribution in [0.5, 0.6) is 0 Å². The molecule has 0 aliphatic carbocycles. The number of carbonyl (C=O) groups is 2. The van der Waals surface area contributed by atoms with Crippen LogP contribution in [-0.2, 0) is 9.59 Å². The molecule has 1 saturated heterocycles. The molecule has 0 bridgehead atoms. The summed E-state index contributed by atoms with van der Waals surface area (Å²) in [5.74, 6) is 0.449. The highest BCUT2D eigenvalue weighted by molar-refractivity contribution is 8.01. The van der Waals surface area contributed by atoms with Crippen molar-refractivity contribution in [3.05, 3.63) is 29.3 Å². The lowest BCUT2D eigenvalue weighted by molar-refractivity contribution is -0.130. The summed E-state index contributed by atoms with van der Waals surface area (Å²) in [6.07, 6.45) is 0. The van der Waals surface area contributed by atoms with Gasteiger partial charge in [0.2, 0.25) is 16.9 Å². The number of thioether (sulfide) groups is 1. The van der Waals surface area contributed by atoms with Crippen molar-refractivity contribution in [1.82, 2.24) is 25.3 Å². The van der Waals surface area contributed by atoms with Crippen LogP contribution in [0, 0.1) is 13.8 Å². The zero-order valence-corrected chi connectivity index (χ0v) is 21.0. The van der Waals surface area contributed by atoms with E-state index in [2.05, 4.69) is 51.7 Å². The fourth-order valence-electron chi connectivity index (χ4n) is 3.29. The van der Waals surface area contributed by atoms with Crippen LogP contribution in [0.25, 0.3) is 0 Å². The topological polar surface area (TPSA) is 90.5 Å². The Bertz CT molecular complexity index is 948. The van der Waals surface area contributed by atoms with E-state index >= 15 is 0 Å². The van der Waals surface area contributed by atoms with E-state index in [1.807, 2.05) is 31.7 Å². The number of aromatic nitrogens is 2. The Morgan fingerprint density at radius 1 is 1.09 bits per heavy atom. The van der Waals surface area contributed by atoms with Crippen molar-refractivity contribution in [1.29, 1.82) is 0 Å². The summed E-state index contributed by atoms with van der Waals surface area (Å²) in [5.41, 5.74) is 3.21. The summed E-state index contributed by atoms with van der Waals surface area (Å²) in [6.45, 7) is 13.1. The Morgan fingerprint density at radius 2 is 1.81 bits per heavy atom. The number of nitrogens with one attached hydrogen (secondary N) is 2. The lowest BCUT2D eigenvalue weighted by atomic mass is 10.1. The summed E-state index contributed by atoms with van der Waals surface area (Å²) in [7, 11) is 0. The van der Waals surface area contributed by atoms with Crippen LogP contribution in [0.2, 0.25) is 0 Å². The highest BCUT2D eigenvalue weighted by Gasteiger charge is 2.24. The van der Waals surface area contributed by atoms with Gasteiger partial charge in [-0.2, -0.15) is 0 Å². The highest BCUT2D eigenvalue weighted by atomic mass is 32.2. The summed E-state index contributed by atoms with van der Waals surface area (Å²) in [6, 6.07) is 6.18. The number of rotatable bonds is 7. The van der Waals surface area contributed by atoms with E-state index in [1.54, 1.807) is 0 Å². The molecule has 3 rings (SSSR count). The lowest BCUT2D eigenvalue weighted by Gasteiger charge is -2.34. The summed E-state index contributed by atoms with van der Waals surface area (Å²) in [4.78, 5) is 28.7. The molecule has 0 radical (unpaired) electrons. The minimum absolute atomic E-state index is 0.0225. The molecular weight excluding hydrogens is 444 g/mol. The third-order valence-corrected chi connectivity index (χ3v) is 7.05. The Morgan fingerprint density at radius 3 is 2.47 bits per heavy atom. The number of carbonyl (C=O) groups excluding carboxylic acids is 2. The predicted molar refractivity (Wildman–Crippen MR) is 131 cm³/mol. The molecule has 174 valence electrons. The van der Waals surface area contributed by atoms with Crippen molar-refractivity contribution in [2.45, 2.75) is 44.5 Å². The van der Waals surface area contributed by atoms with Crippen molar-refractivity contribution in [3.8, 4) is 0 Å². The van der Waals surface area contributed by atoms with E-state index in [4.69, 9.17) is 0 Å². The van der Waals surface area contributed by atoms with E-state index in [-0.39, 0.29) is 17.4 Å². The first-order valence-electron chi connectivity index (χ1n) is 10.7. The minimum atomic E-state index is -0.231. The second-order valence-electron chi connectivity index (χ2n) is 9.04. The van der Waals surface area contributed by atoms with Crippen LogP contribution >= 0.6 is 23.1 Å². The zero-order valence-electron chi connectivity index (χ0n) is 19.4. The summed E-state index contributed by atoms with van der Waals surface area (Å²) < 4.78 is 0.766. The molecule has 0 spiro atoms. The molecule has 0 saturated carbocycles. The van der Waals surface area contributed by atoms with Gasteiger partial charge in [0.05, 0.1) is 12.3 Å². The maximum atomic E-state index is 12.6. The van der Waals surface area contributed by atoms with Crippen molar-refractivity contribution in [2.75, 3.05) is 43.8 Å². The smallest absolute Gasteiger partial charge is 0.234 e. The van der Waals surface area contributed by atoms with E-state index in [0.29, 0.717) is 43.6 Å². The molecule has 0 atom stereocenters. The maximum absolute atomic E-state index is 12.6. The van der Waals surface area contributed by atoms with Crippen LogP contribution in [-0.4, -0.2) is 75.8 Å². The van der Waals surface area contributed by atoms with Crippen LogP contribution in [0.1, 0.15) is 31.9 Å². The SMILES string of the molecule is Cc1ccc(Nc2nnc(SCC(=O)N3CCN(CC(=O)NC(C)(C)C)CC3)s2)cc1C. The van der Waals surface area contributed by atoms with Crippen LogP contribution in [0.3, 0.4) is 0 Å². The molecule has 1 aliphatic rings. The van der Waals surface area contributed by atoms with Gasteiger partial charge < -0.3 is 15.5 Å². The number of aryl methyl sites for hydroxylation is 2. The average molecular weight is 477 g/mol. The second kappa shape index (κ2) is 10.6. The quantitative estimate of drug-likeness (QED) is 0.594. The van der Waals surface area contributed by atoms with Crippen molar-refractivity contribution in [2.24, 2.45) is 0 Å². The fourth-order valence-corrected chi connectivity index (χ4v) is 4.97. The molecule has 32 heavy (non-hydrogen) atoms. The molecule has 0 unspecified atom stereocenters. The van der Waals surface area contributed by atoms with Crippen molar-refractivity contribution in [3.63, 3.8) is 0 Å². The number of nitrogens with zero attached hydrogens (tertiary/aromatic N) is 4. The van der Waals surface area contributed by atoms with Crippen LogP contribution < -0.4 is 10.6 Å². The minimum Gasteiger partial charge on any atom is -0.350 e. The van der Waals surface area contributed by atoms with Gasteiger partial charge in [-0.15, -0.1) is 10.2 Å². The summed E-state index contributed by atoms with van der Waals surface area (Å²) in [5, 5.41) is 15.3. The van der Waals surface area contributed by atoms with Gasteiger partial charge in [0.15, 0.2) is 4.34 Å². The average Bonchev–Trinajstić information content (AvgIpc) is 3.15. The van der Waals surface area contributed by atoms with Gasteiger partial charge in [-0.25, -0.2) is 0 Å². The number of hydrogen-bond donors (Lipinski definition) is 2. The van der Waals surface area contributed by atoms with Gasteiger partial charge in [-0.1, -0.05) is 29.2 Å². The molecule has 8 nitrogen and oxygen atoms in total. The molecule has 1 aromatic carbocycles. The van der Waals surface area contributed by atoms with Crippen LogP contribution in [0.4, 0.5) is 10.8 Å². The molecule has 2 aromatic rings. The Hall–Kier alpha value is -2.17.